The smallest absolute Gasteiger partial charge is 0.127 e. The van der Waals surface area contributed by atoms with Crippen LogP contribution >= 0.6 is 0 Å². The largest absolute Gasteiger partial charge is 0.508 e. The van der Waals surface area contributed by atoms with Gasteiger partial charge in [-0.3, -0.25) is 9.98 Å². The van der Waals surface area contributed by atoms with E-state index in [4.69, 9.17) is 9.98 Å². The first-order valence-electron chi connectivity index (χ1n) is 10.8. The third-order valence-corrected chi connectivity index (χ3v) is 6.34. The van der Waals surface area contributed by atoms with Gasteiger partial charge in [0.15, 0.2) is 0 Å². The number of allylic oxidation sites excluding steroid dienone is 2. The number of aromatic hydroxyl groups is 3. The highest BCUT2D eigenvalue weighted by atomic mass is 16.3. The molecule has 5 rings (SSSR count). The number of rotatable bonds is 4. The maximum absolute atomic E-state index is 11.4. The van der Waals surface area contributed by atoms with Crippen LogP contribution in [0, 0.1) is 0 Å². The predicted octanol–water partition coefficient (Wildman–Crippen LogP) is 5.57. The Hall–Kier alpha value is -4.12. The molecule has 0 saturated heterocycles. The van der Waals surface area contributed by atoms with Gasteiger partial charge in [-0.15, -0.1) is 0 Å². The molecular weight excluding hydrogens is 412 g/mol. The summed E-state index contributed by atoms with van der Waals surface area (Å²) in [5.74, 6) is 0.600. The van der Waals surface area contributed by atoms with Gasteiger partial charge in [-0.25, -0.2) is 0 Å². The molecule has 0 spiro atoms. The van der Waals surface area contributed by atoms with Crippen LogP contribution in [0.15, 0.2) is 88.9 Å². The Balaban J connectivity index is 1.51. The second-order valence-electron chi connectivity index (χ2n) is 8.81. The van der Waals surface area contributed by atoms with Crippen LogP contribution in [0.1, 0.15) is 36.1 Å². The van der Waals surface area contributed by atoms with E-state index in [1.165, 1.54) is 0 Å². The van der Waals surface area contributed by atoms with Crippen LogP contribution in [0.25, 0.3) is 11.1 Å². The number of hydrogen-bond acceptors (Lipinski definition) is 5. The zero-order valence-electron chi connectivity index (χ0n) is 18.4. The number of hydrogen-bond donors (Lipinski definition) is 3. The van der Waals surface area contributed by atoms with E-state index < -0.39 is 11.1 Å². The molecule has 2 aliphatic rings. The summed E-state index contributed by atoms with van der Waals surface area (Å²) in [7, 11) is 0. The third kappa shape index (κ3) is 3.61. The molecule has 0 aliphatic carbocycles. The SMILES string of the molecule is CC1(c2cccc(C3(C)C=C(c4ccc(O)cc4)C=N3)c2O)C=C(c2ccc(O)cc2)C=N1. The van der Waals surface area contributed by atoms with Gasteiger partial charge in [-0.2, -0.15) is 0 Å². The molecule has 0 saturated carbocycles. The molecule has 2 unspecified atom stereocenters. The van der Waals surface area contributed by atoms with Crippen molar-refractivity contribution in [3.8, 4) is 17.2 Å². The Bertz CT molecular complexity index is 1250. The zero-order valence-corrected chi connectivity index (χ0v) is 18.4. The second-order valence-corrected chi connectivity index (χ2v) is 8.81. The first-order valence-corrected chi connectivity index (χ1v) is 10.8. The molecule has 5 heteroatoms. The van der Waals surface area contributed by atoms with Crippen LogP contribution < -0.4 is 0 Å². The van der Waals surface area contributed by atoms with Gasteiger partial charge >= 0.3 is 0 Å². The molecule has 3 aromatic rings. The summed E-state index contributed by atoms with van der Waals surface area (Å²) >= 11 is 0. The molecule has 33 heavy (non-hydrogen) atoms. The highest BCUT2D eigenvalue weighted by molar-refractivity contribution is 6.13. The lowest BCUT2D eigenvalue weighted by Crippen LogP contribution is -2.19. The number of phenols is 3. The molecule has 0 radical (unpaired) electrons. The van der Waals surface area contributed by atoms with E-state index in [0.717, 1.165) is 22.3 Å². The van der Waals surface area contributed by atoms with Gasteiger partial charge in [0.2, 0.25) is 0 Å². The van der Waals surface area contributed by atoms with Gasteiger partial charge in [0.05, 0.1) is 0 Å². The molecule has 0 amide bonds. The molecule has 164 valence electrons. The first-order chi connectivity index (χ1) is 15.8. The van der Waals surface area contributed by atoms with E-state index in [1.54, 1.807) is 36.7 Å². The van der Waals surface area contributed by atoms with Crippen molar-refractivity contribution in [2.75, 3.05) is 0 Å². The third-order valence-electron chi connectivity index (χ3n) is 6.34. The van der Waals surface area contributed by atoms with Crippen molar-refractivity contribution in [3.63, 3.8) is 0 Å². The standard InChI is InChI=1S/C28H24N2O3/c1-27(14-20(16-29-27)18-6-10-22(31)11-7-18)24-4-3-5-25(26(24)33)28(2)15-21(17-30-28)19-8-12-23(32)13-9-19/h3-17,31-33H,1-2H3. The van der Waals surface area contributed by atoms with Gasteiger partial charge in [0, 0.05) is 23.6 Å². The highest BCUT2D eigenvalue weighted by Crippen LogP contribution is 2.45. The maximum atomic E-state index is 11.4. The summed E-state index contributed by atoms with van der Waals surface area (Å²) in [6, 6.07) is 19.7. The maximum Gasteiger partial charge on any atom is 0.127 e. The van der Waals surface area contributed by atoms with Gasteiger partial charge in [-0.1, -0.05) is 42.5 Å². The van der Waals surface area contributed by atoms with E-state index in [2.05, 4.69) is 0 Å². The van der Waals surface area contributed by atoms with Crippen LogP contribution in [-0.4, -0.2) is 27.7 Å². The van der Waals surface area contributed by atoms with Crippen LogP contribution in [0.4, 0.5) is 0 Å². The fourth-order valence-electron chi connectivity index (χ4n) is 4.44. The lowest BCUT2D eigenvalue weighted by atomic mass is 9.84. The van der Waals surface area contributed by atoms with Crippen molar-refractivity contribution in [2.45, 2.75) is 24.9 Å². The fourth-order valence-corrected chi connectivity index (χ4v) is 4.44. The number of benzene rings is 3. The lowest BCUT2D eigenvalue weighted by Gasteiger charge is -2.26. The summed E-state index contributed by atoms with van der Waals surface area (Å²) in [6.07, 6.45) is 7.65. The van der Waals surface area contributed by atoms with Crippen molar-refractivity contribution in [1.29, 1.82) is 0 Å². The molecule has 2 heterocycles. The van der Waals surface area contributed by atoms with Crippen molar-refractivity contribution in [2.24, 2.45) is 9.98 Å². The molecule has 0 aromatic heterocycles. The van der Waals surface area contributed by atoms with Crippen LogP contribution in [0.5, 0.6) is 17.2 Å². The van der Waals surface area contributed by atoms with Gasteiger partial charge in [0.25, 0.3) is 0 Å². The Labute approximate surface area is 192 Å². The van der Waals surface area contributed by atoms with Crippen molar-refractivity contribution in [3.05, 3.63) is 101 Å². The van der Waals surface area contributed by atoms with Crippen LogP contribution in [0.3, 0.4) is 0 Å². The lowest BCUT2D eigenvalue weighted by molar-refractivity contribution is 0.434. The second kappa shape index (κ2) is 7.48. The average molecular weight is 437 g/mol. The molecule has 5 nitrogen and oxygen atoms in total. The number of nitrogens with zero attached hydrogens (tertiary/aromatic N) is 2. The van der Waals surface area contributed by atoms with E-state index in [1.807, 2.05) is 68.5 Å². The van der Waals surface area contributed by atoms with Gasteiger partial charge in [0.1, 0.15) is 28.3 Å². The van der Waals surface area contributed by atoms with Crippen LogP contribution in [-0.2, 0) is 11.1 Å². The van der Waals surface area contributed by atoms with Gasteiger partial charge < -0.3 is 15.3 Å². The summed E-state index contributed by atoms with van der Waals surface area (Å²) < 4.78 is 0. The number of phenolic OH excluding ortho intramolecular Hbond substituents is 3. The summed E-state index contributed by atoms with van der Waals surface area (Å²) in [6.45, 7) is 3.93. The molecule has 2 aliphatic heterocycles. The molecule has 3 aromatic carbocycles. The first kappa shape index (κ1) is 20.8. The van der Waals surface area contributed by atoms with E-state index >= 15 is 0 Å². The van der Waals surface area contributed by atoms with E-state index in [0.29, 0.717) is 11.1 Å². The minimum atomic E-state index is -0.727. The molecule has 3 N–H and O–H groups in total. The molecule has 0 fully saturated rings. The minimum absolute atomic E-state index is 0.170. The molecular formula is C28H24N2O3. The topological polar surface area (TPSA) is 85.4 Å². The number of para-hydroxylation sites is 1. The predicted molar refractivity (Wildman–Crippen MR) is 132 cm³/mol. The van der Waals surface area contributed by atoms with Crippen molar-refractivity contribution < 1.29 is 15.3 Å². The normalized spacial score (nSPS) is 23.6. The summed E-state index contributed by atoms with van der Waals surface area (Å²) in [5, 5.41) is 30.5. The van der Waals surface area contributed by atoms with Gasteiger partial charge in [-0.05, 0) is 72.5 Å². The Morgan fingerprint density at radius 1 is 0.576 bits per heavy atom. The van der Waals surface area contributed by atoms with Crippen molar-refractivity contribution in [1.82, 2.24) is 0 Å². The highest BCUT2D eigenvalue weighted by Gasteiger charge is 2.36. The summed E-state index contributed by atoms with van der Waals surface area (Å²) in [5.41, 5.74) is 3.71. The number of aliphatic imine (C=N–C) groups is 2. The van der Waals surface area contributed by atoms with Crippen LogP contribution in [0.2, 0.25) is 0 Å². The summed E-state index contributed by atoms with van der Waals surface area (Å²) in [4.78, 5) is 9.45. The monoisotopic (exact) mass is 436 g/mol. The zero-order chi connectivity index (χ0) is 23.2. The Morgan fingerprint density at radius 3 is 1.36 bits per heavy atom. The van der Waals surface area contributed by atoms with E-state index in [9.17, 15) is 15.3 Å². The average Bonchev–Trinajstić information content (AvgIpc) is 3.39. The van der Waals surface area contributed by atoms with E-state index in [-0.39, 0.29) is 17.2 Å². The quantitative estimate of drug-likeness (QED) is 0.500. The molecule has 0 bridgehead atoms. The fraction of sp³-hybridized carbons (Fsp3) is 0.143. The Kier molecular flexibility index (Phi) is 4.71. The Morgan fingerprint density at radius 2 is 0.970 bits per heavy atom. The minimum Gasteiger partial charge on any atom is -0.508 e. The molecule has 2 atom stereocenters. The van der Waals surface area contributed by atoms with Crippen molar-refractivity contribution >= 4 is 23.6 Å².